The molecule has 4 nitrogen and oxygen atoms in total. The van der Waals surface area contributed by atoms with Crippen LogP contribution in [0.25, 0.3) is 27.6 Å². The lowest BCUT2D eigenvalue weighted by Crippen LogP contribution is -2.28. The second-order valence-corrected chi connectivity index (χ2v) is 9.32. The topological polar surface area (TPSA) is 52.2 Å². The highest BCUT2D eigenvalue weighted by Gasteiger charge is 2.38. The number of nitrogens with zero attached hydrogens (tertiary/aromatic N) is 1. The highest BCUT2D eigenvalue weighted by molar-refractivity contribution is 14.1. The van der Waals surface area contributed by atoms with Gasteiger partial charge in [0.2, 0.25) is 0 Å². The summed E-state index contributed by atoms with van der Waals surface area (Å²) in [6, 6.07) is 15.5. The summed E-state index contributed by atoms with van der Waals surface area (Å²) in [5.74, 6) is 0.0411. The third kappa shape index (κ3) is 2.49. The Morgan fingerprint density at radius 1 is 0.964 bits per heavy atom. The number of Topliss-reactive ketones (excluding diaryl/α,β-unsaturated/α-hetero) is 1. The molecule has 2 heterocycles. The van der Waals surface area contributed by atoms with Crippen molar-refractivity contribution in [1.29, 1.82) is 0 Å². The number of benzene rings is 2. The normalized spacial score (nSPS) is 15.9. The minimum absolute atomic E-state index is 0.0411. The van der Waals surface area contributed by atoms with Gasteiger partial charge in [-0.3, -0.25) is 4.79 Å². The van der Waals surface area contributed by atoms with Gasteiger partial charge in [0.25, 0.3) is 0 Å². The van der Waals surface area contributed by atoms with E-state index in [1.54, 1.807) is 6.07 Å². The zero-order valence-corrected chi connectivity index (χ0v) is 17.7. The van der Waals surface area contributed by atoms with E-state index in [9.17, 15) is 9.59 Å². The van der Waals surface area contributed by atoms with E-state index in [0.29, 0.717) is 23.0 Å². The van der Waals surface area contributed by atoms with Crippen molar-refractivity contribution >= 4 is 50.2 Å². The standard InChI is InChI=1S/C23H18INO3/c1-23(2)11-17-19(18(26)12-23)21-20(25(17)16-10-6-5-9-15(16)24)13-7-3-4-8-14(13)22(27)28-21/h3-10H,11-12H2,1-2H3. The first-order chi connectivity index (χ1) is 13.4. The van der Waals surface area contributed by atoms with E-state index in [-0.39, 0.29) is 11.2 Å². The van der Waals surface area contributed by atoms with E-state index >= 15 is 0 Å². The van der Waals surface area contributed by atoms with Gasteiger partial charge in [-0.1, -0.05) is 44.2 Å². The number of para-hydroxylation sites is 1. The van der Waals surface area contributed by atoms with Crippen LogP contribution in [0.5, 0.6) is 0 Å². The van der Waals surface area contributed by atoms with Crippen molar-refractivity contribution in [3.8, 4) is 5.69 Å². The highest BCUT2D eigenvalue weighted by Crippen LogP contribution is 2.42. The van der Waals surface area contributed by atoms with Crippen molar-refractivity contribution in [2.75, 3.05) is 0 Å². The van der Waals surface area contributed by atoms with Crippen LogP contribution in [0.1, 0.15) is 36.3 Å². The van der Waals surface area contributed by atoms with Gasteiger partial charge in [0.15, 0.2) is 11.4 Å². The van der Waals surface area contributed by atoms with Crippen molar-refractivity contribution in [1.82, 2.24) is 4.57 Å². The van der Waals surface area contributed by atoms with Gasteiger partial charge in [-0.25, -0.2) is 4.79 Å². The Bertz CT molecular complexity index is 1340. The van der Waals surface area contributed by atoms with Crippen molar-refractivity contribution in [3.63, 3.8) is 0 Å². The maximum atomic E-state index is 13.1. The molecule has 2 aromatic carbocycles. The maximum Gasteiger partial charge on any atom is 0.344 e. The van der Waals surface area contributed by atoms with Crippen LogP contribution in [0.4, 0.5) is 0 Å². The van der Waals surface area contributed by atoms with Crippen molar-refractivity contribution in [3.05, 3.63) is 73.8 Å². The molecule has 0 atom stereocenters. The van der Waals surface area contributed by atoms with Crippen molar-refractivity contribution < 1.29 is 9.21 Å². The Balaban J connectivity index is 2.06. The summed E-state index contributed by atoms with van der Waals surface area (Å²) in [7, 11) is 0. The second-order valence-electron chi connectivity index (χ2n) is 8.16. The number of ketones is 1. The molecule has 4 aromatic rings. The quantitative estimate of drug-likeness (QED) is 0.336. The molecule has 1 aliphatic rings. The van der Waals surface area contributed by atoms with Crippen LogP contribution in [-0.2, 0) is 6.42 Å². The molecule has 1 aliphatic carbocycles. The molecule has 2 aromatic heterocycles. The SMILES string of the molecule is CC1(C)CC(=O)c2c(n(-c3ccccc3I)c3c2oc(=O)c2ccccc23)C1. The molecular weight excluding hydrogens is 465 g/mol. The number of carbonyl (C=O) groups is 1. The lowest BCUT2D eigenvalue weighted by atomic mass is 9.76. The molecule has 0 aliphatic heterocycles. The number of halogens is 1. The molecule has 5 rings (SSSR count). The Morgan fingerprint density at radius 3 is 2.39 bits per heavy atom. The largest absolute Gasteiger partial charge is 0.420 e. The summed E-state index contributed by atoms with van der Waals surface area (Å²) < 4.78 is 8.96. The number of aromatic nitrogens is 1. The summed E-state index contributed by atoms with van der Waals surface area (Å²) in [5.41, 5.74) is 3.17. The highest BCUT2D eigenvalue weighted by atomic mass is 127. The molecule has 0 radical (unpaired) electrons. The second kappa shape index (κ2) is 6.04. The fraction of sp³-hybridized carbons (Fsp3) is 0.217. The Morgan fingerprint density at radius 2 is 1.64 bits per heavy atom. The van der Waals surface area contributed by atoms with E-state index in [2.05, 4.69) is 41.0 Å². The average Bonchev–Trinajstić information content (AvgIpc) is 2.95. The zero-order valence-electron chi connectivity index (χ0n) is 15.6. The van der Waals surface area contributed by atoms with Gasteiger partial charge in [-0.15, -0.1) is 0 Å². The van der Waals surface area contributed by atoms with Gasteiger partial charge in [0, 0.05) is 21.1 Å². The fourth-order valence-corrected chi connectivity index (χ4v) is 4.98. The third-order valence-corrected chi connectivity index (χ3v) is 6.39. The van der Waals surface area contributed by atoms with E-state index in [1.165, 1.54) is 0 Å². The number of rotatable bonds is 1. The van der Waals surface area contributed by atoms with Crippen LogP contribution in [0.3, 0.4) is 0 Å². The van der Waals surface area contributed by atoms with Crippen LogP contribution in [-0.4, -0.2) is 10.4 Å². The van der Waals surface area contributed by atoms with E-state index in [4.69, 9.17) is 4.42 Å². The van der Waals surface area contributed by atoms with E-state index < -0.39 is 5.63 Å². The molecule has 0 saturated carbocycles. The van der Waals surface area contributed by atoms with Crippen LogP contribution in [0, 0.1) is 8.99 Å². The first-order valence-electron chi connectivity index (χ1n) is 9.25. The molecule has 0 fully saturated rings. The fourth-order valence-electron chi connectivity index (χ4n) is 4.35. The van der Waals surface area contributed by atoms with Crippen molar-refractivity contribution in [2.45, 2.75) is 26.7 Å². The van der Waals surface area contributed by atoms with Gasteiger partial charge in [-0.2, -0.15) is 0 Å². The molecule has 28 heavy (non-hydrogen) atoms. The van der Waals surface area contributed by atoms with E-state index in [1.807, 2.05) is 42.5 Å². The Labute approximate surface area is 175 Å². The lowest BCUT2D eigenvalue weighted by Gasteiger charge is -2.29. The van der Waals surface area contributed by atoms with Crippen LogP contribution in [0.15, 0.2) is 57.7 Å². The molecule has 0 N–H and O–H groups in total. The van der Waals surface area contributed by atoms with Crippen LogP contribution < -0.4 is 5.63 Å². The van der Waals surface area contributed by atoms with Gasteiger partial charge >= 0.3 is 5.63 Å². The van der Waals surface area contributed by atoms with Gasteiger partial charge < -0.3 is 8.98 Å². The van der Waals surface area contributed by atoms with Gasteiger partial charge in [-0.05, 0) is 52.6 Å². The number of hydrogen-bond donors (Lipinski definition) is 0. The molecule has 0 bridgehead atoms. The first-order valence-corrected chi connectivity index (χ1v) is 10.3. The molecule has 0 spiro atoms. The van der Waals surface area contributed by atoms with Crippen LogP contribution in [0.2, 0.25) is 0 Å². The monoisotopic (exact) mass is 483 g/mol. The van der Waals surface area contributed by atoms with Gasteiger partial charge in [0.05, 0.1) is 22.2 Å². The third-order valence-electron chi connectivity index (χ3n) is 5.48. The molecule has 0 amide bonds. The molecule has 0 saturated heterocycles. The first kappa shape index (κ1) is 17.7. The minimum atomic E-state index is -0.400. The summed E-state index contributed by atoms with van der Waals surface area (Å²) in [5, 5.41) is 1.34. The minimum Gasteiger partial charge on any atom is -0.420 e. The summed E-state index contributed by atoms with van der Waals surface area (Å²) in [4.78, 5) is 25.8. The lowest BCUT2D eigenvalue weighted by molar-refractivity contribution is 0.0911. The molecule has 140 valence electrons. The zero-order chi connectivity index (χ0) is 19.6. The Kier molecular flexibility index (Phi) is 3.81. The van der Waals surface area contributed by atoms with Gasteiger partial charge in [0.1, 0.15) is 0 Å². The summed E-state index contributed by atoms with van der Waals surface area (Å²) >= 11 is 2.32. The molecule has 0 unspecified atom stereocenters. The summed E-state index contributed by atoms with van der Waals surface area (Å²) in [6.07, 6.45) is 1.19. The Hall–Kier alpha value is -2.41. The number of carbonyl (C=O) groups excluding carboxylic acids is 1. The maximum absolute atomic E-state index is 13.1. The van der Waals surface area contributed by atoms with Crippen molar-refractivity contribution in [2.24, 2.45) is 5.41 Å². The number of fused-ring (bicyclic) bond motifs is 5. The molecular formula is C23H18INO3. The predicted molar refractivity (Wildman–Crippen MR) is 118 cm³/mol. The van der Waals surface area contributed by atoms with E-state index in [0.717, 1.165) is 32.3 Å². The van der Waals surface area contributed by atoms with Crippen LogP contribution >= 0.6 is 22.6 Å². The summed E-state index contributed by atoms with van der Waals surface area (Å²) in [6.45, 7) is 4.22. The smallest absolute Gasteiger partial charge is 0.344 e. The predicted octanol–water partition coefficient (Wildman–Crippen LogP) is 5.50. The number of hydrogen-bond acceptors (Lipinski definition) is 3. The average molecular weight is 483 g/mol. The molecule has 5 heteroatoms.